The van der Waals surface area contributed by atoms with Gasteiger partial charge in [-0.15, -0.1) is 0 Å². The molecule has 0 fully saturated rings. The molecule has 0 radical (unpaired) electrons. The number of ether oxygens (including phenoxy) is 2. The molecule has 2 aromatic carbocycles. The molecule has 31 heavy (non-hydrogen) atoms. The summed E-state index contributed by atoms with van der Waals surface area (Å²) in [6.07, 6.45) is 0.856. The molecule has 6 nitrogen and oxygen atoms in total. The molecular weight excluding hydrogens is 392 g/mol. The highest BCUT2D eigenvalue weighted by atomic mass is 16.5. The van der Waals surface area contributed by atoms with Gasteiger partial charge >= 0.3 is 0 Å². The molecule has 6 heteroatoms. The maximum Gasteiger partial charge on any atom is 0.242 e. The van der Waals surface area contributed by atoms with Gasteiger partial charge in [0.25, 0.3) is 0 Å². The Morgan fingerprint density at radius 1 is 0.935 bits per heavy atom. The van der Waals surface area contributed by atoms with E-state index < -0.39 is 6.04 Å². The lowest BCUT2D eigenvalue weighted by atomic mass is 10.1. The van der Waals surface area contributed by atoms with Gasteiger partial charge in [0.2, 0.25) is 11.8 Å². The molecule has 0 saturated carbocycles. The fraction of sp³-hybridized carbons (Fsp3) is 0.440. The first-order chi connectivity index (χ1) is 15.0. The van der Waals surface area contributed by atoms with Gasteiger partial charge < -0.3 is 19.7 Å². The van der Waals surface area contributed by atoms with Crippen LogP contribution in [0, 0.1) is 0 Å². The van der Waals surface area contributed by atoms with Crippen molar-refractivity contribution in [1.29, 1.82) is 0 Å². The van der Waals surface area contributed by atoms with Gasteiger partial charge in [0, 0.05) is 19.5 Å². The van der Waals surface area contributed by atoms with E-state index in [2.05, 4.69) is 5.32 Å². The molecule has 0 bridgehead atoms. The summed E-state index contributed by atoms with van der Waals surface area (Å²) in [6, 6.07) is 14.9. The van der Waals surface area contributed by atoms with Gasteiger partial charge in [-0.3, -0.25) is 9.59 Å². The lowest BCUT2D eigenvalue weighted by Gasteiger charge is -2.29. The van der Waals surface area contributed by atoms with Gasteiger partial charge in [0.1, 0.15) is 6.04 Å². The fourth-order valence-corrected chi connectivity index (χ4v) is 3.33. The maximum absolute atomic E-state index is 13.1. The van der Waals surface area contributed by atoms with Crippen LogP contribution in [0.5, 0.6) is 11.5 Å². The van der Waals surface area contributed by atoms with E-state index in [4.69, 9.17) is 9.47 Å². The molecule has 168 valence electrons. The number of hydrogen-bond donors (Lipinski definition) is 1. The summed E-state index contributed by atoms with van der Waals surface area (Å²) in [4.78, 5) is 27.2. The normalized spacial score (nSPS) is 11.5. The Balaban J connectivity index is 2.13. The van der Waals surface area contributed by atoms with Crippen LogP contribution in [0.15, 0.2) is 48.5 Å². The van der Waals surface area contributed by atoms with Crippen molar-refractivity contribution in [3.05, 3.63) is 59.7 Å². The zero-order valence-corrected chi connectivity index (χ0v) is 19.0. The smallest absolute Gasteiger partial charge is 0.242 e. The summed E-state index contributed by atoms with van der Waals surface area (Å²) < 4.78 is 11.3. The van der Waals surface area contributed by atoms with Crippen molar-refractivity contribution in [3.8, 4) is 11.5 Å². The molecule has 0 aliphatic rings. The predicted octanol–water partition coefficient (Wildman–Crippen LogP) is 3.97. The van der Waals surface area contributed by atoms with Crippen LogP contribution in [0.25, 0.3) is 0 Å². The van der Waals surface area contributed by atoms with Crippen LogP contribution in [0.2, 0.25) is 0 Å². The molecule has 0 spiro atoms. The third-order valence-electron chi connectivity index (χ3n) is 4.95. The first kappa shape index (κ1) is 24.3. The van der Waals surface area contributed by atoms with Crippen molar-refractivity contribution in [2.45, 2.75) is 53.1 Å². The van der Waals surface area contributed by atoms with Gasteiger partial charge in [-0.25, -0.2) is 0 Å². The Morgan fingerprint density at radius 2 is 1.61 bits per heavy atom. The van der Waals surface area contributed by atoms with Crippen LogP contribution < -0.4 is 14.8 Å². The summed E-state index contributed by atoms with van der Waals surface area (Å²) in [7, 11) is 0. The zero-order chi connectivity index (χ0) is 22.6. The summed E-state index contributed by atoms with van der Waals surface area (Å²) in [5.74, 6) is 1.18. The van der Waals surface area contributed by atoms with Crippen LogP contribution in [0.3, 0.4) is 0 Å². The Morgan fingerprint density at radius 3 is 2.26 bits per heavy atom. The number of benzene rings is 2. The van der Waals surface area contributed by atoms with Crippen molar-refractivity contribution in [3.63, 3.8) is 0 Å². The van der Waals surface area contributed by atoms with Crippen molar-refractivity contribution in [2.24, 2.45) is 0 Å². The number of nitrogens with one attached hydrogen (secondary N) is 1. The SMILES string of the molecule is CCNC(=O)[C@H](C)N(Cc1ccccc1)C(=O)CCc1ccc(OCC)c(OCC)c1. The summed E-state index contributed by atoms with van der Waals surface area (Å²) >= 11 is 0. The monoisotopic (exact) mass is 426 g/mol. The summed E-state index contributed by atoms with van der Waals surface area (Å²) in [5, 5.41) is 2.82. The molecule has 0 unspecified atom stereocenters. The van der Waals surface area contributed by atoms with E-state index in [-0.39, 0.29) is 11.8 Å². The Kier molecular flexibility index (Phi) is 9.88. The number of carbonyl (C=O) groups excluding carboxylic acids is 2. The van der Waals surface area contributed by atoms with Gasteiger partial charge in [0.05, 0.1) is 13.2 Å². The van der Waals surface area contributed by atoms with Gasteiger partial charge in [-0.1, -0.05) is 36.4 Å². The molecule has 1 N–H and O–H groups in total. The number of carbonyl (C=O) groups is 2. The quantitative estimate of drug-likeness (QED) is 0.558. The molecule has 0 aromatic heterocycles. The van der Waals surface area contributed by atoms with Crippen LogP contribution in [-0.2, 0) is 22.6 Å². The van der Waals surface area contributed by atoms with Gasteiger partial charge in [0.15, 0.2) is 11.5 Å². The molecule has 2 aromatic rings. The minimum atomic E-state index is -0.549. The standard InChI is InChI=1S/C25H34N2O4/c1-5-26-25(29)19(4)27(18-21-11-9-8-10-12-21)24(28)16-14-20-13-15-22(30-6-2)23(17-20)31-7-3/h8-13,15,17,19H,5-7,14,16,18H2,1-4H3,(H,26,29)/t19-/m0/s1. The first-order valence-electron chi connectivity index (χ1n) is 11.0. The van der Waals surface area contributed by atoms with E-state index in [1.165, 1.54) is 0 Å². The summed E-state index contributed by atoms with van der Waals surface area (Å²) in [6.45, 7) is 9.52. The highest BCUT2D eigenvalue weighted by Gasteiger charge is 2.25. The summed E-state index contributed by atoms with van der Waals surface area (Å²) in [5.41, 5.74) is 1.98. The van der Waals surface area contributed by atoms with E-state index >= 15 is 0 Å². The number of hydrogen-bond acceptors (Lipinski definition) is 4. The van der Waals surface area contributed by atoms with E-state index in [1.807, 2.05) is 69.3 Å². The molecule has 2 rings (SSSR count). The third kappa shape index (κ3) is 7.31. The number of nitrogens with zero attached hydrogens (tertiary/aromatic N) is 1. The highest BCUT2D eigenvalue weighted by molar-refractivity contribution is 5.87. The molecular formula is C25H34N2O4. The number of amides is 2. The number of likely N-dealkylation sites (N-methyl/N-ethyl adjacent to an activating group) is 1. The lowest BCUT2D eigenvalue weighted by Crippen LogP contribution is -2.47. The van der Waals surface area contributed by atoms with E-state index in [9.17, 15) is 9.59 Å². The fourth-order valence-electron chi connectivity index (χ4n) is 3.33. The van der Waals surface area contributed by atoms with Crippen LogP contribution in [-0.4, -0.2) is 42.5 Å². The molecule has 2 amide bonds. The Labute approximate surface area is 185 Å². The molecule has 0 heterocycles. The minimum Gasteiger partial charge on any atom is -0.490 e. The third-order valence-corrected chi connectivity index (χ3v) is 4.95. The molecule has 0 saturated heterocycles. The van der Waals surface area contributed by atoms with Crippen LogP contribution in [0.1, 0.15) is 45.2 Å². The van der Waals surface area contributed by atoms with E-state index in [1.54, 1.807) is 11.8 Å². The molecule has 0 aliphatic carbocycles. The maximum atomic E-state index is 13.1. The largest absolute Gasteiger partial charge is 0.490 e. The van der Waals surface area contributed by atoms with E-state index in [0.717, 1.165) is 11.1 Å². The predicted molar refractivity (Wildman–Crippen MR) is 122 cm³/mol. The first-order valence-corrected chi connectivity index (χ1v) is 11.0. The van der Waals surface area contributed by atoms with Crippen LogP contribution >= 0.6 is 0 Å². The number of aryl methyl sites for hydroxylation is 1. The minimum absolute atomic E-state index is 0.0607. The topological polar surface area (TPSA) is 67.9 Å². The average molecular weight is 427 g/mol. The van der Waals surface area contributed by atoms with Gasteiger partial charge in [-0.05, 0) is 57.4 Å². The highest BCUT2D eigenvalue weighted by Crippen LogP contribution is 2.29. The average Bonchev–Trinajstić information content (AvgIpc) is 2.78. The second kappa shape index (κ2) is 12.6. The van der Waals surface area contributed by atoms with Crippen molar-refractivity contribution < 1.29 is 19.1 Å². The molecule has 0 aliphatic heterocycles. The Hall–Kier alpha value is -3.02. The molecule has 1 atom stereocenters. The second-order valence-electron chi connectivity index (χ2n) is 7.22. The van der Waals surface area contributed by atoms with Gasteiger partial charge in [-0.2, -0.15) is 0 Å². The Bertz CT molecular complexity index is 839. The van der Waals surface area contributed by atoms with Crippen LogP contribution in [0.4, 0.5) is 0 Å². The van der Waals surface area contributed by atoms with E-state index in [0.29, 0.717) is 50.6 Å². The van der Waals surface area contributed by atoms with Crippen molar-refractivity contribution in [1.82, 2.24) is 10.2 Å². The number of rotatable bonds is 12. The lowest BCUT2D eigenvalue weighted by molar-refractivity contribution is -0.140. The zero-order valence-electron chi connectivity index (χ0n) is 19.0. The van der Waals surface area contributed by atoms with Crippen molar-refractivity contribution >= 4 is 11.8 Å². The van der Waals surface area contributed by atoms with Crippen molar-refractivity contribution in [2.75, 3.05) is 19.8 Å². The second-order valence-corrected chi connectivity index (χ2v) is 7.22.